The number of halogens is 1. The Kier molecular flexibility index (Phi) is 4.50. The van der Waals surface area contributed by atoms with E-state index in [4.69, 9.17) is 21.1 Å². The van der Waals surface area contributed by atoms with Gasteiger partial charge in [-0.2, -0.15) is 0 Å². The molecule has 0 N–H and O–H groups in total. The van der Waals surface area contributed by atoms with Gasteiger partial charge in [0, 0.05) is 11.4 Å². The fourth-order valence-electron chi connectivity index (χ4n) is 2.37. The first-order valence-electron chi connectivity index (χ1n) is 7.20. The van der Waals surface area contributed by atoms with E-state index in [9.17, 15) is 0 Å². The van der Waals surface area contributed by atoms with E-state index in [-0.39, 0.29) is 0 Å². The van der Waals surface area contributed by atoms with E-state index >= 15 is 0 Å². The molecular formula is C19H17ClO2. The molecule has 3 rings (SSSR count). The van der Waals surface area contributed by atoms with Crippen molar-refractivity contribution in [2.75, 3.05) is 13.7 Å². The molecule has 0 aromatic heterocycles. The fourth-order valence-corrected chi connectivity index (χ4v) is 2.50. The first kappa shape index (κ1) is 14.7. The second kappa shape index (κ2) is 6.71. The van der Waals surface area contributed by atoms with Gasteiger partial charge in [0.05, 0.1) is 13.7 Å². The quantitative estimate of drug-likeness (QED) is 0.650. The summed E-state index contributed by atoms with van der Waals surface area (Å²) in [6.07, 6.45) is 0.857. The highest BCUT2D eigenvalue weighted by molar-refractivity contribution is 6.30. The smallest absolute Gasteiger partial charge is 0.119 e. The number of hydrogen-bond donors (Lipinski definition) is 0. The monoisotopic (exact) mass is 312 g/mol. The highest BCUT2D eigenvalue weighted by Gasteiger charge is 2.00. The molecule has 0 atom stereocenters. The maximum atomic E-state index is 5.86. The molecule has 3 aromatic carbocycles. The zero-order valence-corrected chi connectivity index (χ0v) is 13.1. The Morgan fingerprint density at radius 2 is 1.55 bits per heavy atom. The van der Waals surface area contributed by atoms with E-state index in [1.807, 2.05) is 30.3 Å². The molecule has 3 aromatic rings. The lowest BCUT2D eigenvalue weighted by Crippen LogP contribution is -2.01. The van der Waals surface area contributed by atoms with Crippen LogP contribution in [0.1, 0.15) is 5.56 Å². The van der Waals surface area contributed by atoms with Crippen LogP contribution in [0.3, 0.4) is 0 Å². The molecule has 0 heterocycles. The van der Waals surface area contributed by atoms with Gasteiger partial charge in [-0.1, -0.05) is 35.9 Å². The third-order valence-corrected chi connectivity index (χ3v) is 3.84. The van der Waals surface area contributed by atoms with E-state index in [1.165, 1.54) is 16.3 Å². The average Bonchev–Trinajstić information content (AvgIpc) is 2.56. The Labute approximate surface area is 135 Å². The first-order chi connectivity index (χ1) is 10.7. The highest BCUT2D eigenvalue weighted by Crippen LogP contribution is 2.22. The van der Waals surface area contributed by atoms with Gasteiger partial charge in [-0.3, -0.25) is 0 Å². The third kappa shape index (κ3) is 3.52. The zero-order chi connectivity index (χ0) is 15.4. The van der Waals surface area contributed by atoms with Crippen LogP contribution in [0.2, 0.25) is 5.02 Å². The first-order valence-corrected chi connectivity index (χ1v) is 7.57. The lowest BCUT2D eigenvalue weighted by atomic mass is 10.1. The van der Waals surface area contributed by atoms with Crippen LogP contribution in [-0.4, -0.2) is 13.7 Å². The zero-order valence-electron chi connectivity index (χ0n) is 12.4. The molecule has 0 aliphatic carbocycles. The lowest BCUT2D eigenvalue weighted by Gasteiger charge is -2.08. The summed E-state index contributed by atoms with van der Waals surface area (Å²) in [5.41, 5.74) is 1.25. The summed E-state index contributed by atoms with van der Waals surface area (Å²) >= 11 is 5.86. The molecule has 0 spiro atoms. The summed E-state index contributed by atoms with van der Waals surface area (Å²) in [6, 6.07) is 20.0. The number of rotatable bonds is 5. The molecule has 112 valence electrons. The molecule has 0 fully saturated rings. The number of hydrogen-bond acceptors (Lipinski definition) is 2. The van der Waals surface area contributed by atoms with E-state index < -0.39 is 0 Å². The molecule has 0 unspecified atom stereocenters. The van der Waals surface area contributed by atoms with Crippen molar-refractivity contribution in [1.82, 2.24) is 0 Å². The fraction of sp³-hybridized carbons (Fsp3) is 0.158. The van der Waals surface area contributed by atoms with Crippen LogP contribution in [0.4, 0.5) is 0 Å². The molecule has 0 bridgehead atoms. The maximum Gasteiger partial charge on any atom is 0.119 e. The Hall–Kier alpha value is -2.19. The van der Waals surface area contributed by atoms with E-state index in [0.717, 1.165) is 22.9 Å². The van der Waals surface area contributed by atoms with E-state index in [2.05, 4.69) is 30.3 Å². The summed E-state index contributed by atoms with van der Waals surface area (Å²) in [5, 5.41) is 3.11. The van der Waals surface area contributed by atoms with Crippen molar-refractivity contribution in [2.24, 2.45) is 0 Å². The molecule has 0 radical (unpaired) electrons. The summed E-state index contributed by atoms with van der Waals surface area (Å²) in [6.45, 7) is 0.636. The molecule has 0 saturated carbocycles. The number of ether oxygens (including phenoxy) is 2. The average molecular weight is 313 g/mol. The highest BCUT2D eigenvalue weighted by atomic mass is 35.5. The van der Waals surface area contributed by atoms with Crippen LogP contribution in [0.5, 0.6) is 11.5 Å². The van der Waals surface area contributed by atoms with Crippen LogP contribution < -0.4 is 9.47 Å². The Morgan fingerprint density at radius 1 is 0.818 bits per heavy atom. The summed E-state index contributed by atoms with van der Waals surface area (Å²) in [7, 11) is 1.69. The lowest BCUT2D eigenvalue weighted by molar-refractivity contribution is 0.322. The van der Waals surface area contributed by atoms with Crippen molar-refractivity contribution in [1.29, 1.82) is 0 Å². The summed E-state index contributed by atoms with van der Waals surface area (Å²) in [4.78, 5) is 0. The number of methoxy groups -OCH3 is 1. The molecule has 0 aliphatic rings. The topological polar surface area (TPSA) is 18.5 Å². The van der Waals surface area contributed by atoms with Gasteiger partial charge in [0.1, 0.15) is 11.5 Å². The van der Waals surface area contributed by atoms with Crippen molar-refractivity contribution < 1.29 is 9.47 Å². The molecule has 0 amide bonds. The Balaban J connectivity index is 1.67. The molecule has 22 heavy (non-hydrogen) atoms. The molecule has 0 aliphatic heterocycles. The van der Waals surface area contributed by atoms with Crippen molar-refractivity contribution in [2.45, 2.75) is 6.42 Å². The Morgan fingerprint density at radius 3 is 2.32 bits per heavy atom. The second-order valence-corrected chi connectivity index (χ2v) is 5.54. The molecule has 3 heteroatoms. The summed E-state index contributed by atoms with van der Waals surface area (Å²) < 4.78 is 11.0. The van der Waals surface area contributed by atoms with E-state index in [0.29, 0.717) is 6.61 Å². The van der Waals surface area contributed by atoms with Crippen LogP contribution in [-0.2, 0) is 6.42 Å². The van der Waals surface area contributed by atoms with Crippen LogP contribution in [0, 0.1) is 0 Å². The van der Waals surface area contributed by atoms with Gasteiger partial charge in [0.15, 0.2) is 0 Å². The second-order valence-electron chi connectivity index (χ2n) is 5.10. The number of benzene rings is 3. The van der Waals surface area contributed by atoms with Crippen LogP contribution in [0.25, 0.3) is 10.8 Å². The normalized spacial score (nSPS) is 10.6. The largest absolute Gasteiger partial charge is 0.497 e. The van der Waals surface area contributed by atoms with Crippen molar-refractivity contribution in [3.05, 3.63) is 71.2 Å². The van der Waals surface area contributed by atoms with Gasteiger partial charge in [0.2, 0.25) is 0 Å². The molecule has 2 nitrogen and oxygen atoms in total. The van der Waals surface area contributed by atoms with E-state index in [1.54, 1.807) is 7.11 Å². The van der Waals surface area contributed by atoms with Crippen molar-refractivity contribution >= 4 is 22.4 Å². The van der Waals surface area contributed by atoms with Crippen LogP contribution >= 0.6 is 11.6 Å². The minimum absolute atomic E-state index is 0.636. The van der Waals surface area contributed by atoms with Gasteiger partial charge in [-0.25, -0.2) is 0 Å². The molecule has 0 saturated heterocycles. The predicted octanol–water partition coefficient (Wildman–Crippen LogP) is 5.12. The minimum atomic E-state index is 0.636. The Bertz CT molecular complexity index is 766. The van der Waals surface area contributed by atoms with Gasteiger partial charge in [0.25, 0.3) is 0 Å². The van der Waals surface area contributed by atoms with Gasteiger partial charge in [-0.05, 0) is 52.7 Å². The van der Waals surface area contributed by atoms with Crippen LogP contribution in [0.15, 0.2) is 60.7 Å². The third-order valence-electron chi connectivity index (χ3n) is 3.58. The van der Waals surface area contributed by atoms with Crippen molar-refractivity contribution in [3.63, 3.8) is 0 Å². The van der Waals surface area contributed by atoms with Gasteiger partial charge >= 0.3 is 0 Å². The standard InChI is InChI=1S/C19H17ClO2/c1-21-19-7-4-15-3-2-14(12-16(15)13-19)10-11-22-18-8-5-17(20)6-9-18/h2-9,12-13H,10-11H2,1H3. The minimum Gasteiger partial charge on any atom is -0.497 e. The summed E-state index contributed by atoms with van der Waals surface area (Å²) in [5.74, 6) is 1.72. The SMILES string of the molecule is COc1ccc2ccc(CCOc3ccc(Cl)cc3)cc2c1. The van der Waals surface area contributed by atoms with Gasteiger partial charge < -0.3 is 9.47 Å². The maximum absolute atomic E-state index is 5.86. The molecular weight excluding hydrogens is 296 g/mol. The van der Waals surface area contributed by atoms with Gasteiger partial charge in [-0.15, -0.1) is 0 Å². The van der Waals surface area contributed by atoms with Crippen molar-refractivity contribution in [3.8, 4) is 11.5 Å². The predicted molar refractivity (Wildman–Crippen MR) is 91.2 cm³/mol. The number of fused-ring (bicyclic) bond motifs is 1.